The monoisotopic (exact) mass is 1170 g/mol. The first kappa shape index (κ1) is 79.1. The van der Waals surface area contributed by atoms with E-state index < -0.39 is 6.10 Å². The summed E-state index contributed by atoms with van der Waals surface area (Å²) in [5.74, 6) is 1.08. The molecule has 1 aromatic carbocycles. The van der Waals surface area contributed by atoms with E-state index in [0.717, 1.165) is 37.5 Å². The lowest BCUT2D eigenvalue weighted by Gasteiger charge is -2.40. The lowest BCUT2D eigenvalue weighted by molar-refractivity contribution is -0.147. The van der Waals surface area contributed by atoms with Crippen molar-refractivity contribution in [1.82, 2.24) is 41.7 Å². The minimum absolute atomic E-state index is 0.0200. The second-order valence-corrected chi connectivity index (χ2v) is 20.8. The third kappa shape index (κ3) is 32.0. The number of fused-ring (bicyclic) bond motifs is 1. The Hall–Kier alpha value is -6.00. The van der Waals surface area contributed by atoms with E-state index in [-0.39, 0.29) is 123 Å². The van der Waals surface area contributed by atoms with E-state index in [9.17, 15) is 33.6 Å². The van der Waals surface area contributed by atoms with Crippen molar-refractivity contribution in [2.24, 2.45) is 29.6 Å². The molecule has 0 aromatic heterocycles. The molecule has 83 heavy (non-hydrogen) atoms. The second-order valence-electron chi connectivity index (χ2n) is 20.8. The predicted octanol–water partition coefficient (Wildman–Crippen LogP) is 5.63. The van der Waals surface area contributed by atoms with E-state index in [1.54, 1.807) is 27.3 Å². The van der Waals surface area contributed by atoms with Crippen LogP contribution < -0.4 is 31.9 Å². The van der Waals surface area contributed by atoms with Crippen molar-refractivity contribution >= 4 is 49.0 Å². The van der Waals surface area contributed by atoms with Gasteiger partial charge in [0.25, 0.3) is 6.47 Å². The standard InChI is InChI=1S/C26H46N2O5.C13H24N2O.C11H16N2O2.C7H8.C5H10N2O2.CH2O2/c1-10-16(4)24(27(7)26(31)17(5)15(2)3)22(33-9)14-23(30)28-20(21(32-8)11-12-29)13-19-18(6)25(19)28;1-6-8-12(9-7-2)13(11(3)15-5)16-10-14-4;14-7-6-13-11(15)9-12-8-10-4-2-1-3-5-10;1-7-5-3-2-4-6-7;1-6-4-5(9)7-2-3-8;2-1-3/h12,15-22,24-25H,10-11,13-14H2,1-9H3;6-9,11,13-15H,1,10H2,2-5H3;2,4-5,7,12H,1,3,6,8-9H2,(H,13,15);2-6H,1H3;3,6H,2,4H2,1H3,(H,7,9);1H,(H,2,3)/b;9-7-,12-8+;;;;/t16?,17-,18?,19?,20?,21?,22?,24?,25?;11-,13?;;;;/m01..../s1. The fourth-order valence-corrected chi connectivity index (χ4v) is 9.43. The van der Waals surface area contributed by atoms with Gasteiger partial charge in [-0.15, -0.1) is 0 Å². The quantitative estimate of drug-likeness (QED) is 0.0270. The van der Waals surface area contributed by atoms with Gasteiger partial charge in [0.05, 0.1) is 69.7 Å². The molecule has 20 heteroatoms. The summed E-state index contributed by atoms with van der Waals surface area (Å²) in [5.41, 5.74) is 3.65. The molecular weight excluding hydrogens is 1060 g/mol. The number of carbonyl (C=O) groups is 8. The van der Waals surface area contributed by atoms with Crippen molar-refractivity contribution in [2.45, 2.75) is 143 Å². The van der Waals surface area contributed by atoms with Crippen LogP contribution >= 0.6 is 0 Å². The molecule has 4 amide bonds. The Morgan fingerprint density at radius 1 is 0.892 bits per heavy atom. The van der Waals surface area contributed by atoms with Crippen molar-refractivity contribution in [3.8, 4) is 0 Å². The maximum atomic E-state index is 13.7. The highest BCUT2D eigenvalue weighted by atomic mass is 16.5. The zero-order valence-corrected chi connectivity index (χ0v) is 52.7. The number of aldehydes is 3. The Kier molecular flexibility index (Phi) is 46.1. The average Bonchev–Trinajstić information content (AvgIpc) is 2.57. The fraction of sp³-hybridized carbons (Fsp3) is 0.619. The van der Waals surface area contributed by atoms with Gasteiger partial charge in [-0.3, -0.25) is 29.3 Å². The number of likely N-dealkylation sites (N-methyl/N-ethyl adjacent to an activating group) is 3. The molecule has 1 saturated carbocycles. The summed E-state index contributed by atoms with van der Waals surface area (Å²) in [6.07, 6.45) is 20.1. The summed E-state index contributed by atoms with van der Waals surface area (Å²) in [5, 5.41) is 23.6. The van der Waals surface area contributed by atoms with E-state index >= 15 is 0 Å². The highest BCUT2D eigenvalue weighted by molar-refractivity contribution is 5.81. The molecule has 0 radical (unpaired) electrons. The molecule has 1 aliphatic heterocycles. The first-order valence-electron chi connectivity index (χ1n) is 28.9. The van der Waals surface area contributed by atoms with Crippen LogP contribution in [0.5, 0.6) is 0 Å². The van der Waals surface area contributed by atoms with E-state index in [4.69, 9.17) is 24.1 Å². The minimum Gasteiger partial charge on any atom is -0.483 e. The van der Waals surface area contributed by atoms with Gasteiger partial charge in [-0.25, -0.2) is 0 Å². The number of amides is 4. The average molecular weight is 1170 g/mol. The molecule has 3 aliphatic rings. The first-order chi connectivity index (χ1) is 39.7. The fourth-order valence-electron chi connectivity index (χ4n) is 9.43. The van der Waals surface area contributed by atoms with Crippen molar-refractivity contribution < 1.29 is 57.7 Å². The Balaban J connectivity index is 0. The number of methoxy groups -OCH3 is 2. The van der Waals surface area contributed by atoms with Crippen molar-refractivity contribution in [3.63, 3.8) is 0 Å². The molecular formula is C63H106N8O12. The van der Waals surface area contributed by atoms with Crippen LogP contribution in [0.1, 0.15) is 99.5 Å². The highest BCUT2D eigenvalue weighted by Gasteiger charge is 2.61. The third-order valence-corrected chi connectivity index (χ3v) is 14.6. The normalized spacial score (nSPS) is 19.0. The Morgan fingerprint density at radius 3 is 1.95 bits per heavy atom. The molecule has 20 nitrogen and oxygen atoms in total. The maximum absolute atomic E-state index is 13.7. The zero-order valence-electron chi connectivity index (χ0n) is 52.7. The topological polar surface area (TPSA) is 263 Å². The molecule has 9 unspecified atom stereocenters. The number of carboxylic acid groups (broad SMARTS) is 1. The Labute approximate surface area is 497 Å². The van der Waals surface area contributed by atoms with E-state index in [0.29, 0.717) is 37.7 Å². The molecule has 0 spiro atoms. The molecule has 1 heterocycles. The molecule has 1 aromatic rings. The minimum atomic E-state index is -0.401. The van der Waals surface area contributed by atoms with Crippen LogP contribution in [0.25, 0.3) is 0 Å². The van der Waals surface area contributed by atoms with Crippen LogP contribution in [0.4, 0.5) is 0 Å². The van der Waals surface area contributed by atoms with Gasteiger partial charge >= 0.3 is 0 Å². The van der Waals surface area contributed by atoms with Gasteiger partial charge in [0, 0.05) is 52.2 Å². The van der Waals surface area contributed by atoms with Gasteiger partial charge in [0.1, 0.15) is 18.9 Å². The first-order valence-corrected chi connectivity index (χ1v) is 28.9. The maximum Gasteiger partial charge on any atom is 0.290 e. The van der Waals surface area contributed by atoms with Gasteiger partial charge in [-0.2, -0.15) is 0 Å². The number of piperidine rings is 1. The summed E-state index contributed by atoms with van der Waals surface area (Å²) in [6.45, 7) is 24.1. The largest absolute Gasteiger partial charge is 0.483 e. The van der Waals surface area contributed by atoms with Gasteiger partial charge in [-0.1, -0.05) is 133 Å². The van der Waals surface area contributed by atoms with Crippen LogP contribution in [-0.4, -0.2) is 188 Å². The second kappa shape index (κ2) is 48.4. The lowest BCUT2D eigenvalue weighted by atomic mass is 9.88. The van der Waals surface area contributed by atoms with Crippen LogP contribution in [0, 0.1) is 36.5 Å². The molecule has 11 atom stereocenters. The summed E-state index contributed by atoms with van der Waals surface area (Å²) >= 11 is 0. The number of likely N-dealkylation sites (tertiary alicyclic amines) is 1. The van der Waals surface area contributed by atoms with Gasteiger partial charge < -0.3 is 70.1 Å². The summed E-state index contributed by atoms with van der Waals surface area (Å²) in [6, 6.07) is 10.4. The number of carbonyl (C=O) groups excluding carboxylic acids is 7. The smallest absolute Gasteiger partial charge is 0.290 e. The number of nitrogens with zero attached hydrogens (tertiary/aromatic N) is 2. The number of hydrogen-bond acceptors (Lipinski definition) is 15. The van der Waals surface area contributed by atoms with Gasteiger partial charge in [0.15, 0.2) is 0 Å². The molecule has 2 fully saturated rings. The Morgan fingerprint density at radius 2 is 1.51 bits per heavy atom. The molecule has 4 rings (SSSR count). The molecule has 1 saturated heterocycles. The van der Waals surface area contributed by atoms with E-state index in [1.807, 2.05) is 75.1 Å². The van der Waals surface area contributed by atoms with Gasteiger partial charge in [0.2, 0.25) is 23.6 Å². The van der Waals surface area contributed by atoms with E-state index in [2.05, 4.69) is 123 Å². The van der Waals surface area contributed by atoms with E-state index in [1.165, 1.54) is 11.1 Å². The Bertz CT molecular complexity index is 2120. The number of allylic oxidation sites excluding steroid dienone is 5. The SMILES string of the molecule is C=C/C=C(\C=C/C)C(OCNC)[C@@H](C)NC.CCC(C)C(C(CC(=O)N1C(C(CC=O)OC)CC2C(C)C21)OC)N(C)C(=O)[C@@H](C)C(C)C.CNCC(=O)NCC=O.Cc1ccccc1.O=CCNC(=O)CNCC1=CCCC=C1.O=CO. The molecule has 2 aliphatic carbocycles. The molecule has 7 N–H and O–H groups in total. The van der Waals surface area contributed by atoms with Crippen LogP contribution in [0.15, 0.2) is 90.6 Å². The van der Waals surface area contributed by atoms with Crippen LogP contribution in [-0.2, 0) is 52.6 Å². The number of ether oxygens (including phenoxy) is 3. The van der Waals surface area contributed by atoms with Crippen LogP contribution in [0.2, 0.25) is 0 Å². The molecule has 470 valence electrons. The summed E-state index contributed by atoms with van der Waals surface area (Å²) < 4.78 is 17.3. The number of benzene rings is 1. The number of aryl methyl sites for hydroxylation is 1. The van der Waals surface area contributed by atoms with Gasteiger partial charge in [-0.05, 0) is 96.0 Å². The number of nitrogens with one attached hydrogen (secondary N) is 6. The zero-order chi connectivity index (χ0) is 63.3. The highest BCUT2D eigenvalue weighted by Crippen LogP contribution is 2.54. The molecule has 0 bridgehead atoms. The third-order valence-electron chi connectivity index (χ3n) is 14.6. The predicted molar refractivity (Wildman–Crippen MR) is 330 cm³/mol. The lowest BCUT2D eigenvalue weighted by Crippen LogP contribution is -2.53. The van der Waals surface area contributed by atoms with Crippen LogP contribution in [0.3, 0.4) is 0 Å². The van der Waals surface area contributed by atoms with Crippen molar-refractivity contribution in [3.05, 3.63) is 96.2 Å². The van der Waals surface area contributed by atoms with Crippen molar-refractivity contribution in [2.75, 3.05) is 81.9 Å². The summed E-state index contributed by atoms with van der Waals surface area (Å²) in [7, 11) is 10.6. The number of hydrogen-bond donors (Lipinski definition) is 7. The summed E-state index contributed by atoms with van der Waals surface area (Å²) in [4.78, 5) is 91.4. The van der Waals surface area contributed by atoms with Crippen molar-refractivity contribution in [1.29, 1.82) is 0 Å². The number of rotatable bonds is 31.